The molecule has 9 heteroatoms. The molecule has 1 aliphatic rings. The predicted octanol–water partition coefficient (Wildman–Crippen LogP) is 4.93. The molecule has 7 nitrogen and oxygen atoms in total. The number of carbonyl (C=O) groups excluding carboxylic acids is 1. The number of nitrogens with one attached hydrogen (secondary N) is 1. The van der Waals surface area contributed by atoms with Gasteiger partial charge in [-0.2, -0.15) is 4.31 Å². The van der Waals surface area contributed by atoms with Crippen LogP contribution in [0, 0.1) is 39.4 Å². The van der Waals surface area contributed by atoms with Crippen LogP contribution in [-0.2, 0) is 21.4 Å². The van der Waals surface area contributed by atoms with Crippen LogP contribution in [0.2, 0.25) is 0 Å². The highest BCUT2D eigenvalue weighted by molar-refractivity contribution is 7.89. The van der Waals surface area contributed by atoms with E-state index < -0.39 is 15.9 Å². The van der Waals surface area contributed by atoms with Gasteiger partial charge in [0.05, 0.1) is 5.92 Å². The molecule has 37 heavy (non-hydrogen) atoms. The number of piperidine rings is 1. The molecule has 1 aliphatic heterocycles. The van der Waals surface area contributed by atoms with E-state index in [1.165, 1.54) is 16.4 Å². The number of aryl methyl sites for hydroxylation is 4. The van der Waals surface area contributed by atoms with Crippen LogP contribution in [0.3, 0.4) is 0 Å². The normalized spacial score (nSPS) is 16.8. The van der Waals surface area contributed by atoms with Gasteiger partial charge in [0.2, 0.25) is 15.9 Å². The number of aromatic nitrogens is 1. The van der Waals surface area contributed by atoms with E-state index in [0.29, 0.717) is 19.4 Å². The fourth-order valence-corrected chi connectivity index (χ4v) is 6.63. The second-order valence-electron chi connectivity index (χ2n) is 9.65. The average molecular weight is 526 g/mol. The van der Waals surface area contributed by atoms with Crippen LogP contribution in [0.4, 0.5) is 4.39 Å². The van der Waals surface area contributed by atoms with Crippen molar-refractivity contribution in [3.8, 4) is 0 Å². The number of sulfonamides is 1. The molecule has 3 aromatic rings. The van der Waals surface area contributed by atoms with Crippen LogP contribution in [0.25, 0.3) is 12.2 Å². The third kappa shape index (κ3) is 5.99. The molecule has 1 atom stereocenters. The maximum atomic E-state index is 13.7. The molecule has 0 radical (unpaired) electrons. The van der Waals surface area contributed by atoms with Gasteiger partial charge in [-0.1, -0.05) is 41.1 Å². The highest BCUT2D eigenvalue weighted by atomic mass is 32.2. The summed E-state index contributed by atoms with van der Waals surface area (Å²) in [6, 6.07) is 10.0. The smallest absolute Gasteiger partial charge is 0.248 e. The van der Waals surface area contributed by atoms with E-state index in [1.807, 2.05) is 26.8 Å². The third-order valence-corrected chi connectivity index (χ3v) is 8.73. The summed E-state index contributed by atoms with van der Waals surface area (Å²) in [6.07, 6.45) is 4.65. The zero-order valence-electron chi connectivity index (χ0n) is 21.5. The molecule has 1 saturated heterocycles. The van der Waals surface area contributed by atoms with Crippen molar-refractivity contribution in [3.63, 3.8) is 0 Å². The number of nitrogens with zero attached hydrogens (tertiary/aromatic N) is 2. The van der Waals surface area contributed by atoms with E-state index in [9.17, 15) is 17.6 Å². The number of halogens is 1. The predicted molar refractivity (Wildman–Crippen MR) is 141 cm³/mol. The topological polar surface area (TPSA) is 92.5 Å². The van der Waals surface area contributed by atoms with Gasteiger partial charge in [-0.25, -0.2) is 12.8 Å². The minimum absolute atomic E-state index is 0.0264. The fourth-order valence-electron chi connectivity index (χ4n) is 4.85. The zero-order chi connectivity index (χ0) is 26.7. The Bertz CT molecular complexity index is 1410. The highest BCUT2D eigenvalue weighted by Crippen LogP contribution is 2.30. The zero-order valence-corrected chi connectivity index (χ0v) is 22.4. The minimum Gasteiger partial charge on any atom is -0.355 e. The SMILES string of the molecule is Cc1cc(C)c(/C=C/c2onc(C)c2S(=O)(=O)N2CCC[C@H](C(=O)NCc3ccc(F)cc3)C2)c(C)c1. The van der Waals surface area contributed by atoms with E-state index in [2.05, 4.69) is 22.6 Å². The number of carbonyl (C=O) groups is 1. The highest BCUT2D eigenvalue weighted by Gasteiger charge is 2.36. The van der Waals surface area contributed by atoms with E-state index in [4.69, 9.17) is 4.52 Å². The van der Waals surface area contributed by atoms with Gasteiger partial charge < -0.3 is 9.84 Å². The molecular weight excluding hydrogens is 493 g/mol. The molecule has 0 unspecified atom stereocenters. The summed E-state index contributed by atoms with van der Waals surface area (Å²) in [5, 5.41) is 6.78. The van der Waals surface area contributed by atoms with Gasteiger partial charge in [0.1, 0.15) is 11.5 Å². The quantitative estimate of drug-likeness (QED) is 0.472. The van der Waals surface area contributed by atoms with Crippen molar-refractivity contribution in [2.75, 3.05) is 13.1 Å². The summed E-state index contributed by atoms with van der Waals surface area (Å²) in [4.78, 5) is 12.9. The molecule has 1 N–H and O–H groups in total. The molecule has 4 rings (SSSR count). The van der Waals surface area contributed by atoms with Crippen molar-refractivity contribution in [2.45, 2.75) is 52.0 Å². The largest absolute Gasteiger partial charge is 0.355 e. The Morgan fingerprint density at radius 2 is 1.81 bits per heavy atom. The second-order valence-corrected chi connectivity index (χ2v) is 11.5. The Morgan fingerprint density at radius 1 is 1.14 bits per heavy atom. The van der Waals surface area contributed by atoms with Crippen LogP contribution in [0.5, 0.6) is 0 Å². The van der Waals surface area contributed by atoms with Gasteiger partial charge in [-0.15, -0.1) is 0 Å². The third-order valence-electron chi connectivity index (χ3n) is 6.71. The minimum atomic E-state index is -3.95. The maximum absolute atomic E-state index is 13.7. The Balaban J connectivity index is 1.51. The van der Waals surface area contributed by atoms with Crippen molar-refractivity contribution in [1.29, 1.82) is 0 Å². The number of hydrogen-bond acceptors (Lipinski definition) is 5. The van der Waals surface area contributed by atoms with Crippen molar-refractivity contribution >= 4 is 28.1 Å². The van der Waals surface area contributed by atoms with E-state index in [1.54, 1.807) is 25.1 Å². The molecule has 2 aromatic carbocycles. The lowest BCUT2D eigenvalue weighted by atomic mass is 9.99. The molecule has 0 bridgehead atoms. The first-order valence-electron chi connectivity index (χ1n) is 12.3. The molecule has 0 saturated carbocycles. The van der Waals surface area contributed by atoms with Crippen molar-refractivity contribution in [1.82, 2.24) is 14.8 Å². The van der Waals surface area contributed by atoms with Crippen molar-refractivity contribution in [2.24, 2.45) is 5.92 Å². The number of rotatable bonds is 7. The first-order chi connectivity index (χ1) is 17.6. The summed E-state index contributed by atoms with van der Waals surface area (Å²) < 4.78 is 47.3. The molecule has 0 aliphatic carbocycles. The van der Waals surface area contributed by atoms with Gasteiger partial charge in [0.25, 0.3) is 0 Å². The summed E-state index contributed by atoms with van der Waals surface area (Å²) in [5.41, 5.74) is 5.37. The van der Waals surface area contributed by atoms with Gasteiger partial charge in [0.15, 0.2) is 10.7 Å². The summed E-state index contributed by atoms with van der Waals surface area (Å²) >= 11 is 0. The lowest BCUT2D eigenvalue weighted by Gasteiger charge is -2.31. The summed E-state index contributed by atoms with van der Waals surface area (Å²) in [5.74, 6) is -0.886. The van der Waals surface area contributed by atoms with Crippen molar-refractivity contribution < 1.29 is 22.1 Å². The Kier molecular flexibility index (Phi) is 7.94. The lowest BCUT2D eigenvalue weighted by Crippen LogP contribution is -2.45. The van der Waals surface area contributed by atoms with E-state index in [-0.39, 0.29) is 41.2 Å². The lowest BCUT2D eigenvalue weighted by molar-refractivity contribution is -0.126. The average Bonchev–Trinajstić information content (AvgIpc) is 3.24. The monoisotopic (exact) mass is 525 g/mol. The fraction of sp³-hybridized carbons (Fsp3) is 0.357. The van der Waals surface area contributed by atoms with Gasteiger partial charge >= 0.3 is 0 Å². The first-order valence-corrected chi connectivity index (χ1v) is 13.7. The first kappa shape index (κ1) is 26.8. The Labute approximate surface area is 217 Å². The molecule has 196 valence electrons. The van der Waals surface area contributed by atoms with Crippen LogP contribution < -0.4 is 5.32 Å². The van der Waals surface area contributed by atoms with Crippen molar-refractivity contribution in [3.05, 3.63) is 81.5 Å². The molecular formula is C28H32FN3O4S. The van der Waals surface area contributed by atoms with E-state index >= 15 is 0 Å². The summed E-state index contributed by atoms with van der Waals surface area (Å²) in [7, 11) is -3.95. The second kappa shape index (κ2) is 11.0. The number of amides is 1. The van der Waals surface area contributed by atoms with Crippen LogP contribution >= 0.6 is 0 Å². The maximum Gasteiger partial charge on any atom is 0.248 e. The standard InChI is InChI=1S/C28H32FN3O4S/c1-18-14-19(2)25(20(3)15-18)11-12-26-27(21(4)31-36-26)37(34,35)32-13-5-6-23(17-32)28(33)30-16-22-7-9-24(29)10-8-22/h7-12,14-15,23H,5-6,13,16-17H2,1-4H3,(H,30,33)/b12-11+/t23-/m0/s1. The molecule has 1 aromatic heterocycles. The van der Waals surface area contributed by atoms with Crippen LogP contribution in [-0.4, -0.2) is 36.9 Å². The summed E-state index contributed by atoms with van der Waals surface area (Å²) in [6.45, 7) is 8.30. The molecule has 0 spiro atoms. The molecule has 1 amide bonds. The van der Waals surface area contributed by atoms with E-state index in [0.717, 1.165) is 27.8 Å². The Morgan fingerprint density at radius 3 is 2.49 bits per heavy atom. The van der Waals surface area contributed by atoms with Crippen LogP contribution in [0.15, 0.2) is 45.8 Å². The number of hydrogen-bond donors (Lipinski definition) is 1. The number of benzene rings is 2. The molecule has 2 heterocycles. The van der Waals surface area contributed by atoms with Gasteiger partial charge in [-0.3, -0.25) is 4.79 Å². The molecule has 1 fully saturated rings. The Hall–Kier alpha value is -3.30. The van der Waals surface area contributed by atoms with Gasteiger partial charge in [0, 0.05) is 19.6 Å². The van der Waals surface area contributed by atoms with Gasteiger partial charge in [-0.05, 0) is 81.0 Å². The van der Waals surface area contributed by atoms with Crippen LogP contribution in [0.1, 0.15) is 52.1 Å².